The molecule has 41 heavy (non-hydrogen) atoms. The maximum absolute atomic E-state index is 12.6. The molecule has 216 valence electrons. The first-order valence-corrected chi connectivity index (χ1v) is 14.0. The average molecular weight is 567 g/mol. The van der Waals surface area contributed by atoms with Crippen LogP contribution < -0.4 is 5.32 Å². The Bertz CT molecular complexity index is 1550. The number of carbonyl (C=O) groups is 1. The molecular formula is C29H33F3N8O. The van der Waals surface area contributed by atoms with E-state index in [-0.39, 0.29) is 19.1 Å². The second kappa shape index (κ2) is 10.8. The third-order valence-electron chi connectivity index (χ3n) is 7.97. The predicted octanol–water partition coefficient (Wildman–Crippen LogP) is 5.44. The number of aromatic amines is 1. The molecule has 1 aromatic carbocycles. The molecule has 1 aliphatic carbocycles. The standard InChI is InChI=1S/C29H33F3N8O/c1-18-11-22(23-15-34-40(17-23)16-20-3-4-20)12-24-27(18)37-28(35-24)36-25-13-21(5-6-33-25)19(2)38-7-9-39(10-8-38)26(41)14-29(30,31)32/h5-6,11-13,15,17,19-20H,3-4,7-10,14,16H2,1-2H3,(H2,33,35,36,37). The molecule has 4 heterocycles. The molecule has 1 amide bonds. The van der Waals surface area contributed by atoms with Gasteiger partial charge >= 0.3 is 6.18 Å². The Kier molecular flexibility index (Phi) is 7.18. The maximum atomic E-state index is 12.6. The van der Waals surface area contributed by atoms with Crippen molar-refractivity contribution < 1.29 is 18.0 Å². The molecule has 2 fully saturated rings. The number of H-pyrrole nitrogens is 1. The summed E-state index contributed by atoms with van der Waals surface area (Å²) >= 11 is 0. The van der Waals surface area contributed by atoms with Gasteiger partial charge in [-0.15, -0.1) is 0 Å². The molecule has 1 saturated heterocycles. The van der Waals surface area contributed by atoms with Gasteiger partial charge in [-0.05, 0) is 73.6 Å². The summed E-state index contributed by atoms with van der Waals surface area (Å²) < 4.78 is 39.8. The second-order valence-corrected chi connectivity index (χ2v) is 11.2. The molecule has 1 saturated carbocycles. The molecule has 6 rings (SSSR count). The van der Waals surface area contributed by atoms with E-state index in [0.29, 0.717) is 24.9 Å². The van der Waals surface area contributed by atoms with Gasteiger partial charge in [0, 0.05) is 56.7 Å². The Balaban J connectivity index is 1.12. The van der Waals surface area contributed by atoms with Crippen molar-refractivity contribution in [3.8, 4) is 11.1 Å². The third-order valence-corrected chi connectivity index (χ3v) is 7.97. The van der Waals surface area contributed by atoms with Crippen LogP contribution >= 0.6 is 0 Å². The smallest absolute Gasteiger partial charge is 0.340 e. The molecule has 2 aliphatic rings. The van der Waals surface area contributed by atoms with E-state index in [1.165, 1.54) is 17.7 Å². The summed E-state index contributed by atoms with van der Waals surface area (Å²) in [4.78, 5) is 28.0. The zero-order valence-electron chi connectivity index (χ0n) is 23.1. The highest BCUT2D eigenvalue weighted by Crippen LogP contribution is 2.32. The number of nitrogens with zero attached hydrogens (tertiary/aromatic N) is 6. The highest BCUT2D eigenvalue weighted by Gasteiger charge is 2.35. The summed E-state index contributed by atoms with van der Waals surface area (Å²) in [6.07, 6.45) is 2.42. The topological polar surface area (TPSA) is 95.0 Å². The molecule has 0 spiro atoms. The number of anilines is 2. The van der Waals surface area contributed by atoms with Gasteiger partial charge in [0.1, 0.15) is 12.2 Å². The SMILES string of the molecule is Cc1cc(-c2cnn(CC3CC3)c2)cc2[nH]c(Nc3cc(C(C)N4CCN(C(=O)CC(F)(F)F)CC4)ccn3)nc12. The number of aromatic nitrogens is 5. The van der Waals surface area contributed by atoms with Crippen molar-refractivity contribution in [2.45, 2.75) is 51.9 Å². The van der Waals surface area contributed by atoms with Gasteiger partial charge in [-0.3, -0.25) is 14.4 Å². The molecule has 12 heteroatoms. The van der Waals surface area contributed by atoms with Crippen LogP contribution in [0.3, 0.4) is 0 Å². The van der Waals surface area contributed by atoms with Crippen LogP contribution in [0.4, 0.5) is 24.9 Å². The van der Waals surface area contributed by atoms with Crippen molar-refractivity contribution in [2.75, 3.05) is 31.5 Å². The van der Waals surface area contributed by atoms with Gasteiger partial charge in [-0.1, -0.05) is 0 Å². The van der Waals surface area contributed by atoms with E-state index in [4.69, 9.17) is 4.98 Å². The molecule has 4 aromatic rings. The summed E-state index contributed by atoms with van der Waals surface area (Å²) in [5, 5.41) is 7.81. The molecule has 0 bridgehead atoms. The van der Waals surface area contributed by atoms with Crippen LogP contribution in [-0.2, 0) is 11.3 Å². The number of hydrogen-bond donors (Lipinski definition) is 2. The van der Waals surface area contributed by atoms with Crippen molar-refractivity contribution in [1.29, 1.82) is 0 Å². The number of nitrogens with one attached hydrogen (secondary N) is 2. The fraction of sp³-hybridized carbons (Fsp3) is 0.448. The van der Waals surface area contributed by atoms with E-state index in [1.807, 2.05) is 36.9 Å². The lowest BCUT2D eigenvalue weighted by atomic mass is 10.1. The van der Waals surface area contributed by atoms with E-state index in [0.717, 1.165) is 45.7 Å². The zero-order chi connectivity index (χ0) is 28.7. The van der Waals surface area contributed by atoms with Gasteiger partial charge in [-0.25, -0.2) is 9.97 Å². The van der Waals surface area contributed by atoms with Crippen molar-refractivity contribution in [1.82, 2.24) is 34.5 Å². The lowest BCUT2D eigenvalue weighted by molar-refractivity contribution is -0.162. The molecule has 3 aromatic heterocycles. The molecular weight excluding hydrogens is 533 g/mol. The number of imidazole rings is 1. The normalized spacial score (nSPS) is 17.2. The molecule has 9 nitrogen and oxygen atoms in total. The molecule has 2 N–H and O–H groups in total. The number of carbonyl (C=O) groups excluding carboxylic acids is 1. The van der Waals surface area contributed by atoms with Gasteiger partial charge in [0.05, 0.1) is 17.2 Å². The highest BCUT2D eigenvalue weighted by molar-refractivity contribution is 5.86. The maximum Gasteiger partial charge on any atom is 0.397 e. The summed E-state index contributed by atoms with van der Waals surface area (Å²) in [5.74, 6) is 1.11. The van der Waals surface area contributed by atoms with Crippen LogP contribution in [0.5, 0.6) is 0 Å². The fourth-order valence-electron chi connectivity index (χ4n) is 5.44. The molecule has 1 unspecified atom stereocenters. The number of halogens is 3. The van der Waals surface area contributed by atoms with Gasteiger partial charge < -0.3 is 15.2 Å². The van der Waals surface area contributed by atoms with E-state index in [2.05, 4.69) is 43.6 Å². The Hall–Kier alpha value is -3.93. The first-order valence-electron chi connectivity index (χ1n) is 14.0. The first-order chi connectivity index (χ1) is 19.6. The number of pyridine rings is 1. The van der Waals surface area contributed by atoms with Crippen LogP contribution in [0.25, 0.3) is 22.2 Å². The van der Waals surface area contributed by atoms with Crippen LogP contribution in [-0.4, -0.2) is 72.8 Å². The largest absolute Gasteiger partial charge is 0.397 e. The van der Waals surface area contributed by atoms with Gasteiger partial charge in [0.2, 0.25) is 11.9 Å². The zero-order valence-corrected chi connectivity index (χ0v) is 23.1. The van der Waals surface area contributed by atoms with Gasteiger partial charge in [-0.2, -0.15) is 18.3 Å². The lowest BCUT2D eigenvalue weighted by Crippen LogP contribution is -2.50. The van der Waals surface area contributed by atoms with Crippen LogP contribution in [0.15, 0.2) is 42.9 Å². The Morgan fingerprint density at radius 2 is 1.93 bits per heavy atom. The second-order valence-electron chi connectivity index (χ2n) is 11.2. The number of aryl methyl sites for hydroxylation is 1. The van der Waals surface area contributed by atoms with Crippen molar-refractivity contribution in [3.05, 3.63) is 54.0 Å². The number of benzene rings is 1. The van der Waals surface area contributed by atoms with Gasteiger partial charge in [0.25, 0.3) is 0 Å². The monoisotopic (exact) mass is 566 g/mol. The van der Waals surface area contributed by atoms with Crippen LogP contribution in [0.1, 0.15) is 43.4 Å². The molecule has 1 atom stereocenters. The number of alkyl halides is 3. The quantitative estimate of drug-likeness (QED) is 0.295. The number of amides is 1. The van der Waals surface area contributed by atoms with Crippen molar-refractivity contribution in [3.63, 3.8) is 0 Å². The number of rotatable bonds is 8. The van der Waals surface area contributed by atoms with E-state index < -0.39 is 18.5 Å². The van der Waals surface area contributed by atoms with E-state index in [9.17, 15) is 18.0 Å². The summed E-state index contributed by atoms with van der Waals surface area (Å²) in [5.41, 5.74) is 6.02. The van der Waals surface area contributed by atoms with Gasteiger partial charge in [0.15, 0.2) is 0 Å². The van der Waals surface area contributed by atoms with Crippen LogP contribution in [0, 0.1) is 12.8 Å². The molecule has 0 radical (unpaired) electrons. The van der Waals surface area contributed by atoms with Crippen LogP contribution in [0.2, 0.25) is 0 Å². The number of hydrogen-bond acceptors (Lipinski definition) is 6. The lowest BCUT2D eigenvalue weighted by Gasteiger charge is -2.38. The van der Waals surface area contributed by atoms with E-state index >= 15 is 0 Å². The minimum atomic E-state index is -4.48. The summed E-state index contributed by atoms with van der Waals surface area (Å²) in [6, 6.07) is 8.09. The predicted molar refractivity (Wildman–Crippen MR) is 150 cm³/mol. The van der Waals surface area contributed by atoms with Crippen molar-refractivity contribution >= 4 is 28.7 Å². The minimum Gasteiger partial charge on any atom is -0.340 e. The number of piperazine rings is 1. The first kappa shape index (κ1) is 27.3. The Labute approximate surface area is 235 Å². The minimum absolute atomic E-state index is 0.000255. The third kappa shape index (κ3) is 6.37. The summed E-state index contributed by atoms with van der Waals surface area (Å²) in [6.45, 7) is 6.62. The molecule has 1 aliphatic heterocycles. The van der Waals surface area contributed by atoms with E-state index in [1.54, 1.807) is 6.20 Å². The average Bonchev–Trinajstić information content (AvgIpc) is 3.45. The fourth-order valence-corrected chi connectivity index (χ4v) is 5.44. The highest BCUT2D eigenvalue weighted by atomic mass is 19.4. The Morgan fingerprint density at radius 3 is 2.66 bits per heavy atom. The summed E-state index contributed by atoms with van der Waals surface area (Å²) in [7, 11) is 0. The Morgan fingerprint density at radius 1 is 1.15 bits per heavy atom. The van der Waals surface area contributed by atoms with Crippen molar-refractivity contribution in [2.24, 2.45) is 5.92 Å². The number of fused-ring (bicyclic) bond motifs is 1.